The highest BCUT2D eigenvalue weighted by atomic mass is 35.5. The topological polar surface area (TPSA) is 182 Å². The Kier molecular flexibility index (Phi) is 19.7. The zero-order valence-corrected chi connectivity index (χ0v) is 38.4. The van der Waals surface area contributed by atoms with Gasteiger partial charge >= 0.3 is 17.9 Å². The van der Waals surface area contributed by atoms with Crippen LogP contribution in [0.4, 0.5) is 11.4 Å². The van der Waals surface area contributed by atoms with Gasteiger partial charge in [0.25, 0.3) is 5.91 Å². The number of amides is 1. The fourth-order valence-corrected chi connectivity index (χ4v) is 8.77. The van der Waals surface area contributed by atoms with Crippen molar-refractivity contribution < 1.29 is 52.7 Å². The van der Waals surface area contributed by atoms with E-state index in [4.69, 9.17) is 52.6 Å². The molecule has 0 atom stereocenters. The molecule has 0 heterocycles. The Morgan fingerprint density at radius 1 is 0.530 bits per heavy atom. The van der Waals surface area contributed by atoms with Crippen molar-refractivity contribution in [3.8, 4) is 23.0 Å². The molecule has 15 heteroatoms. The second-order valence-corrected chi connectivity index (χ2v) is 17.4. The first-order valence-electron chi connectivity index (χ1n) is 22.4. The van der Waals surface area contributed by atoms with Crippen LogP contribution in [-0.2, 0) is 9.47 Å². The van der Waals surface area contributed by atoms with Crippen molar-refractivity contribution >= 4 is 58.4 Å². The highest BCUT2D eigenvalue weighted by molar-refractivity contribution is 6.33. The van der Waals surface area contributed by atoms with Gasteiger partial charge < -0.3 is 44.6 Å². The lowest BCUT2D eigenvalue weighted by atomic mass is 10.1. The molecule has 0 aromatic heterocycles. The average Bonchev–Trinajstić information content (AvgIpc) is 4.17. The average molecular weight is 950 g/mol. The Balaban J connectivity index is 0.000000207. The SMILES string of the molecule is C.COC(=O)c1ccc(N)cc1.COC(=O)c1ccc(NC(=O)c2cc(Cl)c(OC3CCCC3)c(OC3CCCC3)c2)cc1.O=C(O)c1cc(Cl)c(OC2CCCC2)c(OC2CCCC2)c1. The number of rotatable bonds is 13. The molecule has 13 nitrogen and oxygen atoms in total. The number of nitrogens with one attached hydrogen (secondary N) is 1. The largest absolute Gasteiger partial charge is 0.486 e. The maximum atomic E-state index is 12.9. The van der Waals surface area contributed by atoms with Gasteiger partial charge in [-0.2, -0.15) is 0 Å². The molecule has 0 spiro atoms. The highest BCUT2D eigenvalue weighted by Gasteiger charge is 2.27. The zero-order chi connectivity index (χ0) is 46.3. The predicted octanol–water partition coefficient (Wildman–Crippen LogP) is 12.4. The van der Waals surface area contributed by atoms with Crippen LogP contribution in [0.25, 0.3) is 0 Å². The number of hydrogen-bond acceptors (Lipinski definition) is 11. The monoisotopic (exact) mass is 948 g/mol. The summed E-state index contributed by atoms with van der Waals surface area (Å²) in [5.41, 5.74) is 8.06. The van der Waals surface area contributed by atoms with Gasteiger partial charge in [-0.3, -0.25) is 4.79 Å². The van der Waals surface area contributed by atoms with Crippen LogP contribution in [0, 0.1) is 0 Å². The Bertz CT molecular complexity index is 2230. The van der Waals surface area contributed by atoms with Gasteiger partial charge in [-0.25, -0.2) is 14.4 Å². The minimum atomic E-state index is -1.01. The standard InChI is InChI=1S/C25H28ClNO5.C17H21ClO4.C8H9NO2.CH4/c1-30-25(29)16-10-12-18(13-11-16)27-24(28)17-14-21(26)23(32-20-8-4-5-9-20)22(15-17)31-19-6-2-3-7-19;18-14-9-11(17(19)20)10-15(21-12-5-1-2-6-12)16(14)22-13-7-3-4-8-13;1-11-8(10)6-2-4-7(9)5-3-6;/h10-15,19-20H,2-9H2,1H3,(H,27,28);9-10,12-13H,1-8H2,(H,19,20);2-5H,9H2,1H3;1H4. The maximum absolute atomic E-state index is 12.9. The number of methoxy groups -OCH3 is 2. The number of carboxylic acids is 1. The van der Waals surface area contributed by atoms with E-state index in [1.165, 1.54) is 26.4 Å². The minimum absolute atomic E-state index is 0. The molecule has 8 rings (SSSR count). The second-order valence-electron chi connectivity index (χ2n) is 16.6. The first kappa shape index (κ1) is 51.3. The van der Waals surface area contributed by atoms with Crippen molar-refractivity contribution in [1.29, 1.82) is 0 Å². The number of ether oxygens (including phenoxy) is 6. The zero-order valence-electron chi connectivity index (χ0n) is 36.9. The number of carbonyl (C=O) groups excluding carboxylic acids is 3. The van der Waals surface area contributed by atoms with Gasteiger partial charge in [0.1, 0.15) is 0 Å². The highest BCUT2D eigenvalue weighted by Crippen LogP contribution is 2.42. The van der Waals surface area contributed by atoms with Crippen molar-refractivity contribution in [2.45, 2.75) is 135 Å². The Morgan fingerprint density at radius 2 is 0.879 bits per heavy atom. The molecule has 356 valence electrons. The van der Waals surface area contributed by atoms with E-state index >= 15 is 0 Å². The van der Waals surface area contributed by atoms with Crippen molar-refractivity contribution in [3.05, 3.63) is 105 Å². The molecule has 0 bridgehead atoms. The van der Waals surface area contributed by atoms with Crippen LogP contribution >= 0.6 is 23.2 Å². The molecule has 0 saturated heterocycles. The van der Waals surface area contributed by atoms with E-state index in [0.29, 0.717) is 61.1 Å². The summed E-state index contributed by atoms with van der Waals surface area (Å²) in [6.45, 7) is 0. The molecule has 0 aliphatic heterocycles. The first-order valence-corrected chi connectivity index (χ1v) is 23.2. The number of esters is 2. The fourth-order valence-electron chi connectivity index (χ4n) is 8.26. The van der Waals surface area contributed by atoms with E-state index in [1.807, 2.05) is 0 Å². The molecule has 1 amide bonds. The van der Waals surface area contributed by atoms with Crippen LogP contribution < -0.4 is 30.0 Å². The number of carboxylic acid groups (broad SMARTS) is 1. The molecular formula is C51H62Cl2N2O11. The minimum Gasteiger partial charge on any atom is -0.486 e. The number of nitrogen functional groups attached to an aromatic ring is 1. The van der Waals surface area contributed by atoms with Crippen LogP contribution in [0.3, 0.4) is 0 Å². The van der Waals surface area contributed by atoms with E-state index in [0.717, 1.165) is 103 Å². The fraction of sp³-hybridized carbons (Fsp3) is 0.451. The van der Waals surface area contributed by atoms with Gasteiger partial charge in [-0.1, -0.05) is 30.6 Å². The smallest absolute Gasteiger partial charge is 0.337 e. The van der Waals surface area contributed by atoms with Gasteiger partial charge in [0.2, 0.25) is 0 Å². The Labute approximate surface area is 397 Å². The second kappa shape index (κ2) is 25.3. The normalized spacial score (nSPS) is 16.1. The van der Waals surface area contributed by atoms with Gasteiger partial charge in [-0.05, 0) is 176 Å². The van der Waals surface area contributed by atoms with Gasteiger partial charge in [-0.15, -0.1) is 0 Å². The molecule has 66 heavy (non-hydrogen) atoms. The van der Waals surface area contributed by atoms with E-state index in [2.05, 4.69) is 10.1 Å². The quantitative estimate of drug-likeness (QED) is 0.0853. The summed E-state index contributed by atoms with van der Waals surface area (Å²) in [7, 11) is 2.67. The van der Waals surface area contributed by atoms with Crippen LogP contribution in [0.15, 0.2) is 72.8 Å². The molecule has 0 radical (unpaired) electrons. The molecule has 4 fully saturated rings. The van der Waals surface area contributed by atoms with Gasteiger partial charge in [0.15, 0.2) is 23.0 Å². The van der Waals surface area contributed by atoms with Crippen molar-refractivity contribution in [3.63, 3.8) is 0 Å². The summed E-state index contributed by atoms with van der Waals surface area (Å²) in [5.74, 6) is -0.0562. The maximum Gasteiger partial charge on any atom is 0.337 e. The van der Waals surface area contributed by atoms with E-state index in [-0.39, 0.29) is 49.3 Å². The van der Waals surface area contributed by atoms with E-state index < -0.39 is 11.9 Å². The molecule has 0 unspecified atom stereocenters. The van der Waals surface area contributed by atoms with Crippen LogP contribution in [-0.4, -0.2) is 67.6 Å². The van der Waals surface area contributed by atoms with Crippen LogP contribution in [0.2, 0.25) is 10.0 Å². The lowest BCUT2D eigenvalue weighted by Gasteiger charge is -2.21. The molecule has 4 aliphatic carbocycles. The number of benzene rings is 4. The molecule has 4 aromatic rings. The number of hydrogen-bond donors (Lipinski definition) is 3. The van der Waals surface area contributed by atoms with Crippen molar-refractivity contribution in [2.75, 3.05) is 25.3 Å². The first-order chi connectivity index (χ1) is 31.4. The summed E-state index contributed by atoms with van der Waals surface area (Å²) in [5, 5.41) is 12.7. The summed E-state index contributed by atoms with van der Waals surface area (Å²) in [4.78, 5) is 46.6. The summed E-state index contributed by atoms with van der Waals surface area (Å²) in [6, 6.07) is 19.4. The summed E-state index contributed by atoms with van der Waals surface area (Å²) >= 11 is 12.9. The number of anilines is 2. The Morgan fingerprint density at radius 3 is 1.26 bits per heavy atom. The van der Waals surface area contributed by atoms with Crippen LogP contribution in [0.1, 0.15) is 152 Å². The Hall–Kier alpha value is -5.66. The summed E-state index contributed by atoms with van der Waals surface area (Å²) in [6.07, 6.45) is 17.7. The lowest BCUT2D eigenvalue weighted by molar-refractivity contribution is 0.0592. The van der Waals surface area contributed by atoms with Crippen molar-refractivity contribution in [2.24, 2.45) is 0 Å². The third-order valence-electron chi connectivity index (χ3n) is 11.8. The molecule has 4 aliphatic rings. The summed E-state index contributed by atoms with van der Waals surface area (Å²) < 4.78 is 33.7. The number of carbonyl (C=O) groups is 4. The molecule has 4 aromatic carbocycles. The molecule has 4 N–H and O–H groups in total. The van der Waals surface area contributed by atoms with Crippen LogP contribution in [0.5, 0.6) is 23.0 Å². The molecular weight excluding hydrogens is 887 g/mol. The third kappa shape index (κ3) is 14.7. The molecule has 4 saturated carbocycles. The van der Waals surface area contributed by atoms with E-state index in [9.17, 15) is 24.3 Å². The lowest BCUT2D eigenvalue weighted by Crippen LogP contribution is -2.17. The third-order valence-corrected chi connectivity index (χ3v) is 12.4. The number of aromatic carboxylic acids is 1. The van der Waals surface area contributed by atoms with E-state index in [1.54, 1.807) is 60.7 Å². The van der Waals surface area contributed by atoms with Gasteiger partial charge in [0.05, 0.1) is 65.4 Å². The van der Waals surface area contributed by atoms with Crippen molar-refractivity contribution in [1.82, 2.24) is 0 Å². The predicted molar refractivity (Wildman–Crippen MR) is 256 cm³/mol. The van der Waals surface area contributed by atoms with Gasteiger partial charge in [0, 0.05) is 16.9 Å². The number of nitrogens with two attached hydrogens (primary N) is 1. The number of halogens is 2.